The van der Waals surface area contributed by atoms with E-state index in [1.807, 2.05) is 17.0 Å². The molecule has 3 heterocycles. The Morgan fingerprint density at radius 2 is 1.78 bits per heavy atom. The van der Waals surface area contributed by atoms with Gasteiger partial charge in [-0.05, 0) is 18.2 Å². The summed E-state index contributed by atoms with van der Waals surface area (Å²) in [5.41, 5.74) is 0.651. The van der Waals surface area contributed by atoms with E-state index in [1.165, 1.54) is 0 Å². The molecule has 0 unspecified atom stereocenters. The first kappa shape index (κ1) is 17.0. The van der Waals surface area contributed by atoms with Gasteiger partial charge in [-0.1, -0.05) is 12.1 Å². The fourth-order valence-electron chi connectivity index (χ4n) is 2.94. The molecule has 1 aromatic carbocycles. The minimum Gasteiger partial charge on any atom is -0.496 e. The van der Waals surface area contributed by atoms with Crippen LogP contribution in [-0.2, 0) is 0 Å². The normalized spacial score (nSPS) is 14.3. The molecule has 1 fully saturated rings. The number of carbonyl (C=O) groups excluding carboxylic acids is 1. The van der Waals surface area contributed by atoms with Crippen molar-refractivity contribution in [2.45, 2.75) is 0 Å². The number of rotatable bonds is 4. The summed E-state index contributed by atoms with van der Waals surface area (Å²) < 4.78 is 10.9. The van der Waals surface area contributed by atoms with Crippen LogP contribution in [0.5, 0.6) is 5.75 Å². The van der Waals surface area contributed by atoms with Crippen molar-refractivity contribution in [1.82, 2.24) is 25.1 Å². The number of amides is 1. The van der Waals surface area contributed by atoms with Crippen molar-refractivity contribution in [2.75, 3.05) is 38.2 Å². The van der Waals surface area contributed by atoms with Crippen LogP contribution in [0, 0.1) is 0 Å². The highest BCUT2D eigenvalue weighted by atomic mass is 16.5. The first-order chi connectivity index (χ1) is 13.3. The smallest absolute Gasteiger partial charge is 0.311 e. The number of hydrogen-bond acceptors (Lipinski definition) is 8. The average Bonchev–Trinajstić information content (AvgIpc) is 3.24. The van der Waals surface area contributed by atoms with Crippen molar-refractivity contribution >= 4 is 11.9 Å². The van der Waals surface area contributed by atoms with E-state index >= 15 is 0 Å². The number of aromatic nitrogens is 4. The largest absolute Gasteiger partial charge is 0.496 e. The monoisotopic (exact) mass is 366 g/mol. The van der Waals surface area contributed by atoms with Gasteiger partial charge in [0.2, 0.25) is 5.95 Å². The van der Waals surface area contributed by atoms with Crippen molar-refractivity contribution in [3.63, 3.8) is 0 Å². The van der Waals surface area contributed by atoms with Crippen molar-refractivity contribution < 1.29 is 13.9 Å². The summed E-state index contributed by atoms with van der Waals surface area (Å²) in [4.78, 5) is 24.9. The Balaban J connectivity index is 1.45. The Labute approximate surface area is 155 Å². The van der Waals surface area contributed by atoms with Gasteiger partial charge in [0, 0.05) is 38.6 Å². The lowest BCUT2D eigenvalue weighted by Gasteiger charge is -2.33. The molecule has 27 heavy (non-hydrogen) atoms. The molecule has 3 aromatic rings. The lowest BCUT2D eigenvalue weighted by molar-refractivity contribution is 0.0706. The van der Waals surface area contributed by atoms with Crippen molar-refractivity contribution in [3.05, 3.63) is 48.6 Å². The van der Waals surface area contributed by atoms with Gasteiger partial charge < -0.3 is 19.0 Å². The predicted molar refractivity (Wildman–Crippen MR) is 96.4 cm³/mol. The topological polar surface area (TPSA) is 97.5 Å². The number of ether oxygens (including phenoxy) is 1. The highest BCUT2D eigenvalue weighted by Gasteiger charge is 2.27. The van der Waals surface area contributed by atoms with E-state index in [-0.39, 0.29) is 17.7 Å². The summed E-state index contributed by atoms with van der Waals surface area (Å²) >= 11 is 0. The quantitative estimate of drug-likeness (QED) is 0.685. The lowest BCUT2D eigenvalue weighted by Crippen LogP contribution is -2.49. The van der Waals surface area contributed by atoms with Gasteiger partial charge in [-0.25, -0.2) is 9.97 Å². The molecule has 1 amide bonds. The number of hydrogen-bond donors (Lipinski definition) is 0. The zero-order chi connectivity index (χ0) is 18.6. The number of benzene rings is 1. The maximum Gasteiger partial charge on any atom is 0.311 e. The molecule has 0 atom stereocenters. The van der Waals surface area contributed by atoms with Crippen LogP contribution < -0.4 is 9.64 Å². The molecule has 0 bridgehead atoms. The Bertz CT molecular complexity index is 922. The fourth-order valence-corrected chi connectivity index (χ4v) is 2.94. The zero-order valence-corrected chi connectivity index (χ0v) is 14.8. The van der Waals surface area contributed by atoms with Gasteiger partial charge in [-0.15, -0.1) is 10.2 Å². The van der Waals surface area contributed by atoms with E-state index in [4.69, 9.17) is 9.15 Å². The molecule has 9 nitrogen and oxygen atoms in total. The first-order valence-electron chi connectivity index (χ1n) is 8.54. The molecule has 1 saturated heterocycles. The standard InChI is InChI=1S/C18H18N6O3/c1-26-14-6-3-2-5-13(14)15-21-22-16(27-15)17(25)23-9-11-24(12-10-23)18-19-7-4-8-20-18/h2-8H,9-12H2,1H3. The van der Waals surface area contributed by atoms with E-state index in [2.05, 4.69) is 20.2 Å². The lowest BCUT2D eigenvalue weighted by atomic mass is 10.2. The summed E-state index contributed by atoms with van der Waals surface area (Å²) in [6.07, 6.45) is 3.41. The van der Waals surface area contributed by atoms with E-state index in [1.54, 1.807) is 42.6 Å². The van der Waals surface area contributed by atoms with Crippen molar-refractivity contribution in [2.24, 2.45) is 0 Å². The molecule has 4 rings (SSSR count). The predicted octanol–water partition coefficient (Wildman–Crippen LogP) is 1.50. The van der Waals surface area contributed by atoms with Crippen LogP contribution >= 0.6 is 0 Å². The SMILES string of the molecule is COc1ccccc1-c1nnc(C(=O)N2CCN(c3ncccn3)CC2)o1. The van der Waals surface area contributed by atoms with E-state index in [9.17, 15) is 4.79 Å². The van der Waals surface area contributed by atoms with E-state index in [0.29, 0.717) is 43.4 Å². The summed E-state index contributed by atoms with van der Waals surface area (Å²) in [5.74, 6) is 1.22. The third-order valence-electron chi connectivity index (χ3n) is 4.35. The molecule has 0 aliphatic carbocycles. The van der Waals surface area contributed by atoms with E-state index < -0.39 is 0 Å². The second-order valence-electron chi connectivity index (χ2n) is 5.94. The Morgan fingerprint density at radius 1 is 1.04 bits per heavy atom. The average molecular weight is 366 g/mol. The second kappa shape index (κ2) is 7.40. The Morgan fingerprint density at radius 3 is 2.52 bits per heavy atom. The molecule has 0 radical (unpaired) electrons. The number of anilines is 1. The van der Waals surface area contributed by atoms with Gasteiger partial charge in [0.1, 0.15) is 5.75 Å². The van der Waals surface area contributed by atoms with Crippen LogP contribution in [0.4, 0.5) is 5.95 Å². The second-order valence-corrected chi connectivity index (χ2v) is 5.94. The number of piperazine rings is 1. The Kier molecular flexibility index (Phi) is 4.65. The molecule has 138 valence electrons. The van der Waals surface area contributed by atoms with Crippen LogP contribution in [0.3, 0.4) is 0 Å². The molecule has 0 N–H and O–H groups in total. The molecule has 0 saturated carbocycles. The number of para-hydroxylation sites is 1. The molecule has 1 aliphatic heterocycles. The highest BCUT2D eigenvalue weighted by molar-refractivity contribution is 5.90. The van der Waals surface area contributed by atoms with Gasteiger partial charge in [-0.2, -0.15) is 0 Å². The summed E-state index contributed by atoms with van der Waals surface area (Å²) in [6, 6.07) is 9.07. The van der Waals surface area contributed by atoms with Gasteiger partial charge in [0.05, 0.1) is 12.7 Å². The van der Waals surface area contributed by atoms with Crippen LogP contribution in [-0.4, -0.2) is 64.3 Å². The maximum atomic E-state index is 12.7. The molecular formula is C18H18N6O3. The molecule has 9 heteroatoms. The highest BCUT2D eigenvalue weighted by Crippen LogP contribution is 2.28. The van der Waals surface area contributed by atoms with E-state index in [0.717, 1.165) is 0 Å². The summed E-state index contributed by atoms with van der Waals surface area (Å²) in [6.45, 7) is 2.35. The Hall–Kier alpha value is -3.49. The van der Waals surface area contributed by atoms with Gasteiger partial charge in [0.15, 0.2) is 0 Å². The van der Waals surface area contributed by atoms with Crippen LogP contribution in [0.25, 0.3) is 11.5 Å². The summed E-state index contributed by atoms with van der Waals surface area (Å²) in [7, 11) is 1.57. The van der Waals surface area contributed by atoms with Crippen LogP contribution in [0.1, 0.15) is 10.7 Å². The van der Waals surface area contributed by atoms with Crippen molar-refractivity contribution in [3.8, 4) is 17.2 Å². The van der Waals surface area contributed by atoms with Crippen LogP contribution in [0.2, 0.25) is 0 Å². The first-order valence-corrected chi connectivity index (χ1v) is 8.54. The zero-order valence-electron chi connectivity index (χ0n) is 14.8. The number of methoxy groups -OCH3 is 1. The molecular weight excluding hydrogens is 348 g/mol. The number of carbonyl (C=O) groups is 1. The van der Waals surface area contributed by atoms with Gasteiger partial charge in [-0.3, -0.25) is 4.79 Å². The molecule has 2 aromatic heterocycles. The molecule has 0 spiro atoms. The summed E-state index contributed by atoms with van der Waals surface area (Å²) in [5, 5.41) is 7.92. The maximum absolute atomic E-state index is 12.7. The fraction of sp³-hybridized carbons (Fsp3) is 0.278. The minimum atomic E-state index is -0.280. The minimum absolute atomic E-state index is 0.0275. The number of nitrogens with zero attached hydrogens (tertiary/aromatic N) is 6. The van der Waals surface area contributed by atoms with Crippen molar-refractivity contribution in [1.29, 1.82) is 0 Å². The van der Waals surface area contributed by atoms with Gasteiger partial charge >= 0.3 is 11.8 Å². The van der Waals surface area contributed by atoms with Gasteiger partial charge in [0.25, 0.3) is 5.89 Å². The third kappa shape index (κ3) is 3.43. The molecule has 1 aliphatic rings. The third-order valence-corrected chi connectivity index (χ3v) is 4.35. The van der Waals surface area contributed by atoms with Crippen LogP contribution in [0.15, 0.2) is 47.1 Å².